The summed E-state index contributed by atoms with van der Waals surface area (Å²) in [6.07, 6.45) is 0. The van der Waals surface area contributed by atoms with Crippen molar-refractivity contribution >= 4 is 5.95 Å². The van der Waals surface area contributed by atoms with Gasteiger partial charge in [0.15, 0.2) is 5.82 Å². The SMILES string of the molecule is Cc1ccc(O)c(-c2nc(N3CCN[C@@H](C)C3)n[nH]2)c1. The summed E-state index contributed by atoms with van der Waals surface area (Å²) in [6, 6.07) is 5.88. The molecule has 3 rings (SSSR count). The smallest absolute Gasteiger partial charge is 0.245 e. The zero-order chi connectivity index (χ0) is 14.1. The predicted octanol–water partition coefficient (Wildman–Crippen LogP) is 1.28. The van der Waals surface area contributed by atoms with Crippen LogP contribution in [-0.2, 0) is 0 Å². The number of hydrogen-bond donors (Lipinski definition) is 3. The molecular weight excluding hydrogens is 254 g/mol. The molecule has 0 unspecified atom stereocenters. The fourth-order valence-corrected chi connectivity index (χ4v) is 2.47. The van der Waals surface area contributed by atoms with Crippen molar-refractivity contribution in [1.29, 1.82) is 0 Å². The monoisotopic (exact) mass is 273 g/mol. The highest BCUT2D eigenvalue weighted by molar-refractivity contribution is 5.65. The third-order valence-electron chi connectivity index (χ3n) is 3.53. The van der Waals surface area contributed by atoms with E-state index in [9.17, 15) is 5.11 Å². The van der Waals surface area contributed by atoms with E-state index in [0.29, 0.717) is 23.4 Å². The molecule has 0 amide bonds. The van der Waals surface area contributed by atoms with Crippen molar-refractivity contribution in [3.05, 3.63) is 23.8 Å². The number of nitrogens with zero attached hydrogens (tertiary/aromatic N) is 3. The van der Waals surface area contributed by atoms with Crippen LogP contribution in [0.4, 0.5) is 5.95 Å². The Morgan fingerprint density at radius 3 is 3.05 bits per heavy atom. The number of aromatic nitrogens is 3. The molecule has 3 N–H and O–H groups in total. The van der Waals surface area contributed by atoms with Gasteiger partial charge in [0.05, 0.1) is 5.56 Å². The van der Waals surface area contributed by atoms with E-state index in [1.807, 2.05) is 19.1 Å². The van der Waals surface area contributed by atoms with Crippen LogP contribution in [0.2, 0.25) is 0 Å². The number of aryl methyl sites for hydroxylation is 1. The minimum atomic E-state index is 0.215. The molecular formula is C14H19N5O. The number of aromatic hydroxyl groups is 1. The number of piperazine rings is 1. The van der Waals surface area contributed by atoms with Gasteiger partial charge in [0.25, 0.3) is 0 Å². The number of phenols is 1. The standard InChI is InChI=1S/C14H19N5O/c1-9-3-4-12(20)11(7-9)13-16-14(18-17-13)19-6-5-15-10(2)8-19/h3-4,7,10,15,20H,5-6,8H2,1-2H3,(H,16,17,18)/t10-/m0/s1. The van der Waals surface area contributed by atoms with E-state index in [0.717, 1.165) is 25.2 Å². The summed E-state index contributed by atoms with van der Waals surface area (Å²) in [6.45, 7) is 6.84. The lowest BCUT2D eigenvalue weighted by Gasteiger charge is -2.30. The molecule has 1 aliphatic rings. The van der Waals surface area contributed by atoms with Gasteiger partial charge in [0, 0.05) is 25.7 Å². The van der Waals surface area contributed by atoms with Crippen molar-refractivity contribution in [1.82, 2.24) is 20.5 Å². The van der Waals surface area contributed by atoms with Gasteiger partial charge < -0.3 is 15.3 Å². The Balaban J connectivity index is 1.88. The zero-order valence-electron chi connectivity index (χ0n) is 11.7. The molecule has 1 aliphatic heterocycles. The van der Waals surface area contributed by atoms with E-state index in [-0.39, 0.29) is 5.75 Å². The second kappa shape index (κ2) is 5.13. The fraction of sp³-hybridized carbons (Fsp3) is 0.429. The average molecular weight is 273 g/mol. The van der Waals surface area contributed by atoms with Gasteiger partial charge in [-0.25, -0.2) is 0 Å². The molecule has 0 bridgehead atoms. The number of nitrogens with one attached hydrogen (secondary N) is 2. The third kappa shape index (κ3) is 2.46. The summed E-state index contributed by atoms with van der Waals surface area (Å²) in [5.74, 6) is 1.51. The number of phenolic OH excluding ortho intramolecular Hbond substituents is 1. The lowest BCUT2D eigenvalue weighted by atomic mass is 10.1. The number of hydrogen-bond acceptors (Lipinski definition) is 5. The minimum absolute atomic E-state index is 0.215. The Bertz CT molecular complexity index is 609. The number of anilines is 1. The Morgan fingerprint density at radius 2 is 2.25 bits per heavy atom. The van der Waals surface area contributed by atoms with Crippen molar-refractivity contribution in [3.8, 4) is 17.1 Å². The number of aromatic amines is 1. The highest BCUT2D eigenvalue weighted by Crippen LogP contribution is 2.28. The van der Waals surface area contributed by atoms with Crippen molar-refractivity contribution in [2.75, 3.05) is 24.5 Å². The van der Waals surface area contributed by atoms with Crippen LogP contribution in [0.15, 0.2) is 18.2 Å². The lowest BCUT2D eigenvalue weighted by Crippen LogP contribution is -2.49. The average Bonchev–Trinajstić information content (AvgIpc) is 2.91. The Kier molecular flexibility index (Phi) is 3.31. The quantitative estimate of drug-likeness (QED) is 0.768. The maximum absolute atomic E-state index is 9.94. The van der Waals surface area contributed by atoms with Crippen molar-refractivity contribution in [3.63, 3.8) is 0 Å². The zero-order valence-corrected chi connectivity index (χ0v) is 11.7. The molecule has 6 heteroatoms. The van der Waals surface area contributed by atoms with Crippen LogP contribution in [0.1, 0.15) is 12.5 Å². The van der Waals surface area contributed by atoms with Crippen LogP contribution in [-0.4, -0.2) is 46.0 Å². The van der Waals surface area contributed by atoms with Crippen molar-refractivity contribution in [2.24, 2.45) is 0 Å². The molecule has 20 heavy (non-hydrogen) atoms. The summed E-state index contributed by atoms with van der Waals surface area (Å²) >= 11 is 0. The van der Waals surface area contributed by atoms with Crippen LogP contribution in [0, 0.1) is 6.92 Å². The van der Waals surface area contributed by atoms with Gasteiger partial charge in [0.1, 0.15) is 5.75 Å². The summed E-state index contributed by atoms with van der Waals surface area (Å²) < 4.78 is 0. The Hall–Kier alpha value is -2.08. The molecule has 1 aromatic heterocycles. The Morgan fingerprint density at radius 1 is 1.40 bits per heavy atom. The molecule has 0 aliphatic carbocycles. The van der Waals surface area contributed by atoms with Gasteiger partial charge >= 0.3 is 0 Å². The molecule has 106 valence electrons. The number of rotatable bonds is 2. The summed E-state index contributed by atoms with van der Waals surface area (Å²) in [5, 5.41) is 20.5. The molecule has 1 saturated heterocycles. The number of benzene rings is 1. The molecule has 2 heterocycles. The maximum atomic E-state index is 9.94. The van der Waals surface area contributed by atoms with E-state index in [1.165, 1.54) is 0 Å². The first kappa shape index (κ1) is 12.9. The van der Waals surface area contributed by atoms with Crippen LogP contribution < -0.4 is 10.2 Å². The Labute approximate surface area is 117 Å². The number of H-pyrrole nitrogens is 1. The van der Waals surface area contributed by atoms with E-state index < -0.39 is 0 Å². The van der Waals surface area contributed by atoms with Gasteiger partial charge in [-0.3, -0.25) is 5.10 Å². The summed E-state index contributed by atoms with van der Waals surface area (Å²) in [5.41, 5.74) is 1.76. The molecule has 1 atom stereocenters. The lowest BCUT2D eigenvalue weighted by molar-refractivity contribution is 0.476. The highest BCUT2D eigenvalue weighted by Gasteiger charge is 2.20. The van der Waals surface area contributed by atoms with Crippen LogP contribution in [0.5, 0.6) is 5.75 Å². The third-order valence-corrected chi connectivity index (χ3v) is 3.53. The molecule has 1 fully saturated rings. The normalized spacial score (nSPS) is 19.3. The highest BCUT2D eigenvalue weighted by atomic mass is 16.3. The summed E-state index contributed by atoms with van der Waals surface area (Å²) in [7, 11) is 0. The fourth-order valence-electron chi connectivity index (χ4n) is 2.47. The van der Waals surface area contributed by atoms with Gasteiger partial charge in [-0.15, -0.1) is 5.10 Å². The topological polar surface area (TPSA) is 77.1 Å². The first-order valence-electron chi connectivity index (χ1n) is 6.84. The second-order valence-corrected chi connectivity index (χ2v) is 5.31. The summed E-state index contributed by atoms with van der Waals surface area (Å²) in [4.78, 5) is 6.66. The predicted molar refractivity (Wildman–Crippen MR) is 77.9 cm³/mol. The van der Waals surface area contributed by atoms with Crippen molar-refractivity contribution < 1.29 is 5.11 Å². The van der Waals surface area contributed by atoms with Crippen LogP contribution >= 0.6 is 0 Å². The largest absolute Gasteiger partial charge is 0.507 e. The first-order chi connectivity index (χ1) is 9.63. The van der Waals surface area contributed by atoms with Crippen LogP contribution in [0.3, 0.4) is 0 Å². The van der Waals surface area contributed by atoms with Crippen molar-refractivity contribution in [2.45, 2.75) is 19.9 Å². The molecule has 2 aromatic rings. The first-order valence-corrected chi connectivity index (χ1v) is 6.84. The maximum Gasteiger partial charge on any atom is 0.245 e. The van der Waals surface area contributed by atoms with E-state index in [2.05, 4.69) is 32.3 Å². The second-order valence-electron chi connectivity index (χ2n) is 5.31. The minimum Gasteiger partial charge on any atom is -0.507 e. The molecule has 0 saturated carbocycles. The van der Waals surface area contributed by atoms with E-state index in [1.54, 1.807) is 6.07 Å². The molecule has 6 nitrogen and oxygen atoms in total. The van der Waals surface area contributed by atoms with Crippen LogP contribution in [0.25, 0.3) is 11.4 Å². The molecule has 1 aromatic carbocycles. The van der Waals surface area contributed by atoms with Gasteiger partial charge in [-0.05, 0) is 26.0 Å². The van der Waals surface area contributed by atoms with E-state index >= 15 is 0 Å². The molecule has 0 radical (unpaired) electrons. The van der Waals surface area contributed by atoms with Gasteiger partial charge in [0.2, 0.25) is 5.95 Å². The molecule has 0 spiro atoms. The van der Waals surface area contributed by atoms with Gasteiger partial charge in [-0.2, -0.15) is 4.98 Å². The van der Waals surface area contributed by atoms with Gasteiger partial charge in [-0.1, -0.05) is 11.6 Å². The van der Waals surface area contributed by atoms with E-state index in [4.69, 9.17) is 0 Å².